The van der Waals surface area contributed by atoms with Gasteiger partial charge in [-0.1, -0.05) is 42.5 Å². The zero-order valence-corrected chi connectivity index (χ0v) is 22.2. The molecule has 1 aliphatic rings. The number of nitrogens with zero attached hydrogens (tertiary/aromatic N) is 3. The number of guanidine groups is 1. The van der Waals surface area contributed by atoms with E-state index in [2.05, 4.69) is 56.5 Å². The van der Waals surface area contributed by atoms with Crippen LogP contribution in [-0.2, 0) is 6.54 Å². The van der Waals surface area contributed by atoms with E-state index in [1.54, 1.807) is 21.3 Å². The molecule has 2 aromatic carbocycles. The Balaban J connectivity index is 0.00000385. The zero-order chi connectivity index (χ0) is 22.8. The highest BCUT2D eigenvalue weighted by Gasteiger charge is 2.20. The predicted octanol–water partition coefficient (Wildman–Crippen LogP) is 3.74. The summed E-state index contributed by atoms with van der Waals surface area (Å²) in [6.07, 6.45) is 4.42. The average molecular weight is 566 g/mol. The number of ether oxygens (including phenoxy) is 3. The fourth-order valence-corrected chi connectivity index (χ4v) is 3.85. The molecule has 0 unspecified atom stereocenters. The monoisotopic (exact) mass is 566 g/mol. The molecule has 0 bridgehead atoms. The van der Waals surface area contributed by atoms with E-state index in [0.29, 0.717) is 23.8 Å². The van der Waals surface area contributed by atoms with Crippen LogP contribution in [0.25, 0.3) is 6.08 Å². The van der Waals surface area contributed by atoms with Gasteiger partial charge in [0.05, 0.1) is 21.3 Å². The van der Waals surface area contributed by atoms with E-state index in [4.69, 9.17) is 14.2 Å². The number of benzene rings is 2. The molecule has 0 spiro atoms. The topological polar surface area (TPSA) is 58.6 Å². The predicted molar refractivity (Wildman–Crippen MR) is 145 cm³/mol. The minimum absolute atomic E-state index is 0. The normalized spacial score (nSPS) is 14.7. The number of hydrogen-bond acceptors (Lipinski definition) is 5. The van der Waals surface area contributed by atoms with Crippen molar-refractivity contribution >= 4 is 36.0 Å². The molecule has 33 heavy (non-hydrogen) atoms. The first-order valence-corrected chi connectivity index (χ1v) is 10.9. The molecule has 1 aliphatic heterocycles. The molecule has 3 rings (SSSR count). The number of methoxy groups -OCH3 is 3. The van der Waals surface area contributed by atoms with Crippen LogP contribution in [0.15, 0.2) is 53.5 Å². The zero-order valence-electron chi connectivity index (χ0n) is 19.9. The van der Waals surface area contributed by atoms with E-state index in [1.165, 1.54) is 5.56 Å². The van der Waals surface area contributed by atoms with Crippen molar-refractivity contribution in [2.24, 2.45) is 4.99 Å². The second-order valence-electron chi connectivity index (χ2n) is 7.49. The Kier molecular flexibility index (Phi) is 11.3. The largest absolute Gasteiger partial charge is 0.493 e. The third kappa shape index (κ3) is 7.26. The molecule has 180 valence electrons. The Labute approximate surface area is 214 Å². The van der Waals surface area contributed by atoms with Crippen LogP contribution in [0.4, 0.5) is 0 Å². The smallest absolute Gasteiger partial charge is 0.203 e. The summed E-state index contributed by atoms with van der Waals surface area (Å²) < 4.78 is 16.5. The molecule has 8 heteroatoms. The maximum absolute atomic E-state index is 5.59. The van der Waals surface area contributed by atoms with Gasteiger partial charge in [-0.3, -0.25) is 9.89 Å². The van der Waals surface area contributed by atoms with Gasteiger partial charge in [-0.05, 0) is 17.7 Å². The first-order chi connectivity index (χ1) is 15.7. The summed E-state index contributed by atoms with van der Waals surface area (Å²) in [6, 6.07) is 14.3. The van der Waals surface area contributed by atoms with E-state index in [-0.39, 0.29) is 24.0 Å². The molecule has 7 nitrogen and oxygen atoms in total. The number of aliphatic imine (C=N–C) groups is 1. The summed E-state index contributed by atoms with van der Waals surface area (Å²) in [7, 11) is 6.70. The minimum atomic E-state index is 0. The summed E-state index contributed by atoms with van der Waals surface area (Å²) in [5.41, 5.74) is 2.22. The van der Waals surface area contributed by atoms with Gasteiger partial charge < -0.3 is 24.4 Å². The maximum Gasteiger partial charge on any atom is 0.203 e. The van der Waals surface area contributed by atoms with Crippen molar-refractivity contribution in [3.05, 3.63) is 59.7 Å². The van der Waals surface area contributed by atoms with Gasteiger partial charge in [0.15, 0.2) is 17.5 Å². The van der Waals surface area contributed by atoms with Crippen LogP contribution in [0.1, 0.15) is 11.1 Å². The highest BCUT2D eigenvalue weighted by Crippen LogP contribution is 2.39. The molecule has 2 aromatic rings. The first-order valence-electron chi connectivity index (χ1n) is 10.9. The van der Waals surface area contributed by atoms with Crippen LogP contribution >= 0.6 is 24.0 Å². The van der Waals surface area contributed by atoms with Crippen LogP contribution in [0.3, 0.4) is 0 Å². The third-order valence-corrected chi connectivity index (χ3v) is 5.58. The number of rotatable bonds is 8. The Bertz CT molecular complexity index is 913. The number of halogens is 1. The molecule has 1 N–H and O–H groups in total. The van der Waals surface area contributed by atoms with Crippen molar-refractivity contribution in [3.8, 4) is 17.2 Å². The lowest BCUT2D eigenvalue weighted by Gasteiger charge is -2.36. The average Bonchev–Trinajstić information content (AvgIpc) is 2.85. The lowest BCUT2D eigenvalue weighted by molar-refractivity contribution is 0.194. The highest BCUT2D eigenvalue weighted by atomic mass is 127. The molecule has 0 aliphatic carbocycles. The van der Waals surface area contributed by atoms with Crippen molar-refractivity contribution in [2.75, 3.05) is 61.1 Å². The van der Waals surface area contributed by atoms with Crippen LogP contribution < -0.4 is 19.5 Å². The molecule has 1 saturated heterocycles. The van der Waals surface area contributed by atoms with Crippen molar-refractivity contribution in [2.45, 2.75) is 6.54 Å². The van der Waals surface area contributed by atoms with Crippen LogP contribution in [-0.4, -0.2) is 76.9 Å². The Morgan fingerprint density at radius 3 is 2.24 bits per heavy atom. The fourth-order valence-electron chi connectivity index (χ4n) is 3.85. The third-order valence-electron chi connectivity index (χ3n) is 5.58. The summed E-state index contributed by atoms with van der Waals surface area (Å²) in [5, 5.41) is 3.47. The molecule has 0 atom stereocenters. The summed E-state index contributed by atoms with van der Waals surface area (Å²) in [4.78, 5) is 9.24. The highest BCUT2D eigenvalue weighted by molar-refractivity contribution is 14.0. The molecular formula is C25H35IN4O3. The molecule has 1 heterocycles. The van der Waals surface area contributed by atoms with Crippen LogP contribution in [0.2, 0.25) is 0 Å². The second-order valence-corrected chi connectivity index (χ2v) is 7.49. The SMILES string of the molecule is CN=C(NCc1ccc(OC)c(OC)c1OC)N1CCN(C/C=C/c2ccccc2)CC1.I. The van der Waals surface area contributed by atoms with Gasteiger partial charge in [0.1, 0.15) is 0 Å². The van der Waals surface area contributed by atoms with Crippen molar-refractivity contribution in [1.29, 1.82) is 0 Å². The molecule has 0 amide bonds. The van der Waals surface area contributed by atoms with Crippen LogP contribution in [0, 0.1) is 0 Å². The Morgan fingerprint density at radius 1 is 0.939 bits per heavy atom. The summed E-state index contributed by atoms with van der Waals surface area (Å²) >= 11 is 0. The number of nitrogens with one attached hydrogen (secondary N) is 1. The Morgan fingerprint density at radius 2 is 1.64 bits per heavy atom. The molecule has 0 saturated carbocycles. The lowest BCUT2D eigenvalue weighted by Crippen LogP contribution is -2.52. The van der Waals surface area contributed by atoms with Crippen molar-refractivity contribution in [1.82, 2.24) is 15.1 Å². The van der Waals surface area contributed by atoms with E-state index < -0.39 is 0 Å². The molecular weight excluding hydrogens is 531 g/mol. The molecule has 0 radical (unpaired) electrons. The van der Waals surface area contributed by atoms with Gasteiger partial charge in [0.2, 0.25) is 5.75 Å². The van der Waals surface area contributed by atoms with Gasteiger partial charge in [-0.2, -0.15) is 0 Å². The van der Waals surface area contributed by atoms with Gasteiger partial charge in [-0.15, -0.1) is 24.0 Å². The lowest BCUT2D eigenvalue weighted by atomic mass is 10.1. The number of hydrogen-bond donors (Lipinski definition) is 1. The molecule has 0 aromatic heterocycles. The summed E-state index contributed by atoms with van der Waals surface area (Å²) in [6.45, 7) is 5.40. The summed E-state index contributed by atoms with van der Waals surface area (Å²) in [5.74, 6) is 2.81. The second kappa shape index (κ2) is 13.9. The standard InChI is InChI=1S/C25H34N4O3.HI/c1-26-25(27-19-21-12-13-22(30-2)24(32-4)23(21)31-3)29-17-15-28(16-18-29)14-8-11-20-9-6-5-7-10-20;/h5-13H,14-19H2,1-4H3,(H,26,27);1H/b11-8+;. The van der Waals surface area contributed by atoms with Crippen LogP contribution in [0.5, 0.6) is 17.2 Å². The first kappa shape index (κ1) is 26.8. The van der Waals surface area contributed by atoms with Gasteiger partial charge in [0.25, 0.3) is 0 Å². The molecule has 1 fully saturated rings. The van der Waals surface area contributed by atoms with Crippen molar-refractivity contribution < 1.29 is 14.2 Å². The van der Waals surface area contributed by atoms with E-state index in [0.717, 1.165) is 44.2 Å². The van der Waals surface area contributed by atoms with Gasteiger partial charge in [0, 0.05) is 51.9 Å². The van der Waals surface area contributed by atoms with Gasteiger partial charge >= 0.3 is 0 Å². The quantitative estimate of drug-likeness (QED) is 0.299. The van der Waals surface area contributed by atoms with E-state index >= 15 is 0 Å². The van der Waals surface area contributed by atoms with E-state index in [1.807, 2.05) is 25.2 Å². The minimum Gasteiger partial charge on any atom is -0.493 e. The van der Waals surface area contributed by atoms with Gasteiger partial charge in [-0.25, -0.2) is 0 Å². The fraction of sp³-hybridized carbons (Fsp3) is 0.400. The Hall–Kier alpha value is -2.46. The maximum atomic E-state index is 5.59. The number of piperazine rings is 1. The van der Waals surface area contributed by atoms with E-state index in [9.17, 15) is 0 Å². The van der Waals surface area contributed by atoms with Crippen molar-refractivity contribution in [3.63, 3.8) is 0 Å².